The Balaban J connectivity index is 1.84. The van der Waals surface area contributed by atoms with Gasteiger partial charge in [-0.15, -0.1) is 0 Å². The molecule has 0 saturated carbocycles. The topological polar surface area (TPSA) is 79.5 Å². The second-order valence-corrected chi connectivity index (χ2v) is 5.99. The highest BCUT2D eigenvalue weighted by molar-refractivity contribution is 5.97. The van der Waals surface area contributed by atoms with Crippen molar-refractivity contribution in [3.8, 4) is 0 Å². The molecule has 6 nitrogen and oxygen atoms in total. The molecule has 0 aliphatic carbocycles. The monoisotopic (exact) mass is 289 g/mol. The lowest BCUT2D eigenvalue weighted by Crippen LogP contribution is -2.33. The summed E-state index contributed by atoms with van der Waals surface area (Å²) in [6.07, 6.45) is 3.65. The maximum atomic E-state index is 12.6. The van der Waals surface area contributed by atoms with E-state index in [1.54, 1.807) is 11.0 Å². The maximum Gasteiger partial charge on any atom is 0.257 e. The minimum atomic E-state index is -0.678. The lowest BCUT2D eigenvalue weighted by atomic mass is 9.98. The number of hydrogen-bond donors (Lipinski definition) is 1. The van der Waals surface area contributed by atoms with Crippen LogP contribution in [-0.4, -0.2) is 44.7 Å². The second kappa shape index (κ2) is 5.11. The molecule has 0 aromatic carbocycles. The average molecular weight is 289 g/mol. The summed E-state index contributed by atoms with van der Waals surface area (Å²) in [6.45, 7) is 4.88. The van der Waals surface area contributed by atoms with E-state index in [0.29, 0.717) is 30.8 Å². The molecule has 0 radical (unpaired) electrons. The van der Waals surface area contributed by atoms with Crippen LogP contribution in [0.3, 0.4) is 0 Å². The number of hydrogen-bond acceptors (Lipinski definition) is 5. The summed E-state index contributed by atoms with van der Waals surface area (Å²) in [4.78, 5) is 18.5. The van der Waals surface area contributed by atoms with Crippen molar-refractivity contribution in [2.75, 3.05) is 13.1 Å². The summed E-state index contributed by atoms with van der Waals surface area (Å²) in [7, 11) is 0. The molecule has 0 bridgehead atoms. The molecule has 112 valence electrons. The Kier molecular flexibility index (Phi) is 3.41. The summed E-state index contributed by atoms with van der Waals surface area (Å²) in [5, 5.41) is 14.7. The van der Waals surface area contributed by atoms with Crippen molar-refractivity contribution >= 4 is 17.0 Å². The third-order valence-electron chi connectivity index (χ3n) is 4.11. The number of pyridine rings is 1. The number of nitrogens with zero attached hydrogens (tertiary/aromatic N) is 3. The highest BCUT2D eigenvalue weighted by atomic mass is 16.5. The van der Waals surface area contributed by atoms with Gasteiger partial charge in [-0.3, -0.25) is 4.79 Å². The number of fused-ring (bicyclic) bond motifs is 1. The third kappa shape index (κ3) is 2.76. The van der Waals surface area contributed by atoms with E-state index in [1.807, 2.05) is 13.8 Å². The van der Waals surface area contributed by atoms with Crippen LogP contribution in [0.2, 0.25) is 0 Å². The molecule has 2 aromatic heterocycles. The molecule has 1 amide bonds. The molecular formula is C15H19N3O3. The van der Waals surface area contributed by atoms with E-state index in [0.717, 1.165) is 23.9 Å². The van der Waals surface area contributed by atoms with Gasteiger partial charge in [-0.05, 0) is 39.2 Å². The quantitative estimate of drug-likeness (QED) is 0.867. The van der Waals surface area contributed by atoms with Gasteiger partial charge in [0, 0.05) is 19.3 Å². The number of aryl methyl sites for hydroxylation is 1. The Bertz CT molecular complexity index is 678. The van der Waals surface area contributed by atoms with E-state index in [9.17, 15) is 9.90 Å². The van der Waals surface area contributed by atoms with E-state index in [1.165, 1.54) is 6.20 Å². The Labute approximate surface area is 122 Å². The first kappa shape index (κ1) is 14.0. The molecule has 1 saturated heterocycles. The summed E-state index contributed by atoms with van der Waals surface area (Å²) >= 11 is 0. The van der Waals surface area contributed by atoms with Crippen LogP contribution in [0.4, 0.5) is 0 Å². The molecule has 1 unspecified atom stereocenters. The lowest BCUT2D eigenvalue weighted by molar-refractivity contribution is 0.0438. The number of aromatic nitrogens is 2. The first-order valence-electron chi connectivity index (χ1n) is 7.20. The van der Waals surface area contributed by atoms with Crippen LogP contribution in [-0.2, 0) is 0 Å². The zero-order valence-electron chi connectivity index (χ0n) is 12.3. The van der Waals surface area contributed by atoms with Crippen molar-refractivity contribution in [2.45, 2.75) is 38.7 Å². The van der Waals surface area contributed by atoms with E-state index < -0.39 is 5.60 Å². The summed E-state index contributed by atoms with van der Waals surface area (Å²) in [5.41, 5.74) is 1.03. The van der Waals surface area contributed by atoms with Crippen LogP contribution in [0, 0.1) is 6.92 Å². The first-order valence-corrected chi connectivity index (χ1v) is 7.20. The standard InChI is InChI=1S/C15H19N3O3/c1-10-12-8-11(9-16-13(12)21-17-10)14(19)18-6-3-4-15(2,20)5-7-18/h8-9,20H,3-7H2,1-2H3. The largest absolute Gasteiger partial charge is 0.390 e. The summed E-state index contributed by atoms with van der Waals surface area (Å²) in [5.74, 6) is -0.0531. The van der Waals surface area contributed by atoms with Gasteiger partial charge in [0.25, 0.3) is 11.6 Å². The molecule has 1 N–H and O–H groups in total. The highest BCUT2D eigenvalue weighted by Gasteiger charge is 2.27. The van der Waals surface area contributed by atoms with Crippen molar-refractivity contribution in [1.29, 1.82) is 0 Å². The predicted molar refractivity (Wildman–Crippen MR) is 76.9 cm³/mol. The van der Waals surface area contributed by atoms with Gasteiger partial charge in [-0.2, -0.15) is 0 Å². The van der Waals surface area contributed by atoms with Crippen LogP contribution >= 0.6 is 0 Å². The van der Waals surface area contributed by atoms with Crippen LogP contribution in [0.1, 0.15) is 42.2 Å². The molecule has 1 aliphatic heterocycles. The van der Waals surface area contributed by atoms with Crippen LogP contribution in [0.5, 0.6) is 0 Å². The number of amides is 1. The van der Waals surface area contributed by atoms with Gasteiger partial charge in [-0.25, -0.2) is 4.98 Å². The summed E-state index contributed by atoms with van der Waals surface area (Å²) < 4.78 is 5.06. The normalized spacial score (nSPS) is 23.3. The number of aliphatic hydroxyl groups is 1. The zero-order valence-corrected chi connectivity index (χ0v) is 12.3. The van der Waals surface area contributed by atoms with Crippen molar-refractivity contribution in [2.24, 2.45) is 0 Å². The Morgan fingerprint density at radius 3 is 3.05 bits per heavy atom. The van der Waals surface area contributed by atoms with Gasteiger partial charge in [0.05, 0.1) is 22.2 Å². The number of carbonyl (C=O) groups excluding carboxylic acids is 1. The zero-order chi connectivity index (χ0) is 15.0. The van der Waals surface area contributed by atoms with Crippen LogP contribution in [0.15, 0.2) is 16.8 Å². The Morgan fingerprint density at radius 1 is 1.43 bits per heavy atom. The first-order chi connectivity index (χ1) is 9.96. The lowest BCUT2D eigenvalue weighted by Gasteiger charge is -2.22. The van der Waals surface area contributed by atoms with Gasteiger partial charge in [-0.1, -0.05) is 5.16 Å². The molecule has 3 rings (SSSR count). The fourth-order valence-electron chi connectivity index (χ4n) is 2.71. The van der Waals surface area contributed by atoms with Crippen molar-refractivity contribution in [3.63, 3.8) is 0 Å². The van der Waals surface area contributed by atoms with Gasteiger partial charge >= 0.3 is 0 Å². The van der Waals surface area contributed by atoms with E-state index in [4.69, 9.17) is 4.52 Å². The Hall–Kier alpha value is -1.95. The number of rotatable bonds is 1. The molecule has 0 spiro atoms. The van der Waals surface area contributed by atoms with E-state index in [2.05, 4.69) is 10.1 Å². The second-order valence-electron chi connectivity index (χ2n) is 5.99. The van der Waals surface area contributed by atoms with E-state index in [-0.39, 0.29) is 5.91 Å². The SMILES string of the molecule is Cc1noc2ncc(C(=O)N3CCCC(C)(O)CC3)cc12. The molecular weight excluding hydrogens is 270 g/mol. The fraction of sp³-hybridized carbons (Fsp3) is 0.533. The molecule has 1 atom stereocenters. The molecule has 1 fully saturated rings. The van der Waals surface area contributed by atoms with Crippen LogP contribution in [0.25, 0.3) is 11.1 Å². The maximum absolute atomic E-state index is 12.6. The van der Waals surface area contributed by atoms with E-state index >= 15 is 0 Å². The molecule has 1 aliphatic rings. The van der Waals surface area contributed by atoms with Gasteiger partial charge < -0.3 is 14.5 Å². The smallest absolute Gasteiger partial charge is 0.257 e. The van der Waals surface area contributed by atoms with Crippen molar-refractivity contribution in [1.82, 2.24) is 15.0 Å². The minimum Gasteiger partial charge on any atom is -0.390 e. The predicted octanol–water partition coefficient (Wildman–Crippen LogP) is 1.91. The minimum absolute atomic E-state index is 0.0531. The third-order valence-corrected chi connectivity index (χ3v) is 4.11. The number of carbonyl (C=O) groups is 1. The molecule has 2 aromatic rings. The molecule has 6 heteroatoms. The average Bonchev–Trinajstić information content (AvgIpc) is 2.72. The molecule has 3 heterocycles. The van der Waals surface area contributed by atoms with Gasteiger partial charge in [0.2, 0.25) is 0 Å². The number of likely N-dealkylation sites (tertiary alicyclic amines) is 1. The summed E-state index contributed by atoms with van der Waals surface area (Å²) in [6, 6.07) is 1.78. The van der Waals surface area contributed by atoms with Gasteiger partial charge in [0.1, 0.15) is 0 Å². The van der Waals surface area contributed by atoms with Crippen molar-refractivity contribution in [3.05, 3.63) is 23.5 Å². The van der Waals surface area contributed by atoms with Crippen LogP contribution < -0.4 is 0 Å². The molecule has 21 heavy (non-hydrogen) atoms. The van der Waals surface area contributed by atoms with Crippen molar-refractivity contribution < 1.29 is 14.4 Å². The Morgan fingerprint density at radius 2 is 2.24 bits per heavy atom. The highest BCUT2D eigenvalue weighted by Crippen LogP contribution is 2.23. The fourth-order valence-corrected chi connectivity index (χ4v) is 2.71. The van der Waals surface area contributed by atoms with Gasteiger partial charge in [0.15, 0.2) is 0 Å².